The molecule has 5 nitrogen and oxygen atoms in total. The number of rotatable bonds is 2. The first-order chi connectivity index (χ1) is 8.08. The minimum Gasteiger partial charge on any atom is -0.305 e. The second-order valence-electron chi connectivity index (χ2n) is 3.02. The maximum absolute atomic E-state index is 11.8. The van der Waals surface area contributed by atoms with Crippen LogP contribution in [0.2, 0.25) is 0 Å². The average Bonchev–Trinajstić information content (AvgIpc) is 2.63. The van der Waals surface area contributed by atoms with E-state index in [9.17, 15) is 4.79 Å². The van der Waals surface area contributed by atoms with Crippen LogP contribution < -0.4 is 5.32 Å². The zero-order valence-electron chi connectivity index (χ0n) is 8.17. The van der Waals surface area contributed by atoms with Crippen molar-refractivity contribution in [2.24, 2.45) is 0 Å². The summed E-state index contributed by atoms with van der Waals surface area (Å²) in [6.45, 7) is 0. The maximum atomic E-state index is 11.8. The van der Waals surface area contributed by atoms with Crippen molar-refractivity contribution in [1.29, 1.82) is 0 Å². The molecule has 0 unspecified atom stereocenters. The number of amides is 1. The number of carbonyl (C=O) groups is 1. The fourth-order valence-electron chi connectivity index (χ4n) is 1.08. The van der Waals surface area contributed by atoms with E-state index in [1.165, 1.54) is 0 Å². The topological polar surface area (TPSA) is 70.7 Å². The van der Waals surface area contributed by atoms with Crippen LogP contribution in [-0.4, -0.2) is 21.1 Å². The molecule has 17 heavy (non-hydrogen) atoms. The van der Waals surface area contributed by atoms with Gasteiger partial charge in [0.05, 0.1) is 4.47 Å². The number of H-pyrrole nitrogens is 1. The number of carbonyl (C=O) groups excluding carboxylic acids is 1. The van der Waals surface area contributed by atoms with Gasteiger partial charge in [-0.2, -0.15) is 5.10 Å². The van der Waals surface area contributed by atoms with Crippen molar-refractivity contribution < 1.29 is 4.79 Å². The molecule has 2 aromatic heterocycles. The molecule has 2 aromatic rings. The molecule has 88 valence electrons. The van der Waals surface area contributed by atoms with Crippen LogP contribution in [-0.2, 0) is 0 Å². The lowest BCUT2D eigenvalue weighted by atomic mass is 10.4. The zero-order chi connectivity index (χ0) is 12.4. The molecule has 2 N–H and O–H groups in total. The molecule has 0 saturated carbocycles. The van der Waals surface area contributed by atoms with Gasteiger partial charge in [-0.25, -0.2) is 4.98 Å². The van der Waals surface area contributed by atoms with Gasteiger partial charge in [-0.3, -0.25) is 9.89 Å². The second kappa shape index (κ2) is 5.28. The molecule has 0 spiro atoms. The van der Waals surface area contributed by atoms with Crippen molar-refractivity contribution in [3.63, 3.8) is 0 Å². The molecule has 2 rings (SSSR count). The number of anilines is 1. The van der Waals surface area contributed by atoms with Crippen LogP contribution in [0.3, 0.4) is 0 Å². The van der Waals surface area contributed by atoms with Crippen molar-refractivity contribution in [2.45, 2.75) is 0 Å². The highest BCUT2D eigenvalue weighted by atomic mass is 79.9. The zero-order valence-corrected chi connectivity index (χ0v) is 12.9. The van der Waals surface area contributed by atoms with Crippen LogP contribution in [0, 0.1) is 0 Å². The molecule has 1 amide bonds. The molecule has 0 radical (unpaired) electrons. The van der Waals surface area contributed by atoms with Gasteiger partial charge in [-0.15, -0.1) is 0 Å². The monoisotopic (exact) mass is 422 g/mol. The normalized spacial score (nSPS) is 10.3. The van der Waals surface area contributed by atoms with Gasteiger partial charge in [0.2, 0.25) is 0 Å². The summed E-state index contributed by atoms with van der Waals surface area (Å²) in [6, 6.07) is 3.48. The number of hydrogen-bond acceptors (Lipinski definition) is 3. The fourth-order valence-corrected chi connectivity index (χ4v) is 1.95. The van der Waals surface area contributed by atoms with Gasteiger partial charge in [0.1, 0.15) is 10.4 Å². The number of pyridine rings is 1. The maximum Gasteiger partial charge on any atom is 0.278 e. The van der Waals surface area contributed by atoms with Crippen LogP contribution in [0.5, 0.6) is 0 Å². The number of aromatic nitrogens is 3. The summed E-state index contributed by atoms with van der Waals surface area (Å²) in [5.74, 6) is 0.123. The Morgan fingerprint density at radius 1 is 1.29 bits per heavy atom. The van der Waals surface area contributed by atoms with Crippen LogP contribution in [0.15, 0.2) is 31.9 Å². The molecule has 0 bridgehead atoms. The fraction of sp³-hybridized carbons (Fsp3) is 0. The summed E-state index contributed by atoms with van der Waals surface area (Å²) >= 11 is 9.72. The Balaban J connectivity index is 2.17. The average molecular weight is 425 g/mol. The van der Waals surface area contributed by atoms with Gasteiger partial charge < -0.3 is 5.32 Å². The molecule has 2 heterocycles. The van der Waals surface area contributed by atoms with E-state index < -0.39 is 0 Å². The quantitative estimate of drug-likeness (QED) is 0.776. The van der Waals surface area contributed by atoms with Crippen LogP contribution in [0.1, 0.15) is 10.5 Å². The van der Waals surface area contributed by atoms with Gasteiger partial charge in [-0.1, -0.05) is 0 Å². The third-order valence-corrected chi connectivity index (χ3v) is 4.20. The van der Waals surface area contributed by atoms with Crippen molar-refractivity contribution in [1.82, 2.24) is 15.2 Å². The van der Waals surface area contributed by atoms with Gasteiger partial charge in [0.25, 0.3) is 5.91 Å². The Kier molecular flexibility index (Phi) is 3.95. The lowest BCUT2D eigenvalue weighted by Gasteiger charge is -2.02. The van der Waals surface area contributed by atoms with Crippen molar-refractivity contribution in [2.75, 3.05) is 5.32 Å². The third-order valence-electron chi connectivity index (χ3n) is 1.85. The predicted molar refractivity (Wildman–Crippen MR) is 73.9 cm³/mol. The summed E-state index contributed by atoms with van der Waals surface area (Å²) in [6.07, 6.45) is 1.60. The number of aromatic amines is 1. The highest BCUT2D eigenvalue weighted by molar-refractivity contribution is 9.13. The first-order valence-corrected chi connectivity index (χ1v) is 6.78. The van der Waals surface area contributed by atoms with E-state index in [1.54, 1.807) is 18.3 Å². The van der Waals surface area contributed by atoms with Gasteiger partial charge in [0.15, 0.2) is 5.69 Å². The summed E-state index contributed by atoms with van der Waals surface area (Å²) < 4.78 is 2.04. The van der Waals surface area contributed by atoms with Crippen LogP contribution >= 0.6 is 47.8 Å². The minimum atomic E-state index is -0.339. The molecule has 0 aromatic carbocycles. The Bertz CT molecular complexity index is 552. The van der Waals surface area contributed by atoms with E-state index in [0.29, 0.717) is 14.9 Å². The first-order valence-electron chi connectivity index (χ1n) is 4.40. The Labute approximate surface area is 122 Å². The third kappa shape index (κ3) is 2.93. The van der Waals surface area contributed by atoms with Crippen molar-refractivity contribution in [3.05, 3.63) is 37.6 Å². The molecule has 0 aliphatic carbocycles. The molecular formula is C9H5Br3N4O. The van der Waals surface area contributed by atoms with Crippen molar-refractivity contribution >= 4 is 59.5 Å². The van der Waals surface area contributed by atoms with Crippen molar-refractivity contribution in [3.8, 4) is 0 Å². The van der Waals surface area contributed by atoms with Gasteiger partial charge in [-0.05, 0) is 59.9 Å². The Morgan fingerprint density at radius 2 is 2.06 bits per heavy atom. The Morgan fingerprint density at radius 3 is 2.59 bits per heavy atom. The largest absolute Gasteiger partial charge is 0.305 e. The van der Waals surface area contributed by atoms with E-state index >= 15 is 0 Å². The molecule has 8 heteroatoms. The van der Waals surface area contributed by atoms with E-state index in [2.05, 4.69) is 68.3 Å². The lowest BCUT2D eigenvalue weighted by Crippen LogP contribution is -2.13. The Hall–Kier alpha value is -0.730. The lowest BCUT2D eigenvalue weighted by molar-refractivity contribution is 0.102. The van der Waals surface area contributed by atoms with Gasteiger partial charge >= 0.3 is 0 Å². The first kappa shape index (κ1) is 12.7. The SMILES string of the molecule is O=C(Nc1ccc(Br)cn1)c1n[nH]c(Br)c1Br. The molecule has 0 atom stereocenters. The number of nitrogens with one attached hydrogen (secondary N) is 2. The summed E-state index contributed by atoms with van der Waals surface area (Å²) in [5.41, 5.74) is 0.265. The molecular weight excluding hydrogens is 420 g/mol. The smallest absolute Gasteiger partial charge is 0.278 e. The van der Waals surface area contributed by atoms with Crippen LogP contribution in [0.25, 0.3) is 0 Å². The summed E-state index contributed by atoms with van der Waals surface area (Å²) in [5, 5.41) is 9.14. The molecule has 0 aliphatic heterocycles. The van der Waals surface area contributed by atoms with Gasteiger partial charge in [0, 0.05) is 10.7 Å². The molecule has 0 saturated heterocycles. The standard InChI is InChI=1S/C9H5Br3N4O/c10-4-1-2-5(13-3-4)14-9(17)7-6(11)8(12)16-15-7/h1-3H,(H,15,16)(H,13,14,17). The molecule has 0 fully saturated rings. The number of nitrogens with zero attached hydrogens (tertiary/aromatic N) is 2. The predicted octanol–water partition coefficient (Wildman–Crippen LogP) is 3.34. The highest BCUT2D eigenvalue weighted by Gasteiger charge is 2.16. The van der Waals surface area contributed by atoms with E-state index in [1.807, 2.05) is 0 Å². The number of hydrogen-bond donors (Lipinski definition) is 2. The highest BCUT2D eigenvalue weighted by Crippen LogP contribution is 2.24. The van der Waals surface area contributed by atoms with E-state index in [4.69, 9.17) is 0 Å². The van der Waals surface area contributed by atoms with Crippen LogP contribution in [0.4, 0.5) is 5.82 Å². The number of halogens is 3. The summed E-state index contributed by atoms with van der Waals surface area (Å²) in [4.78, 5) is 15.9. The van der Waals surface area contributed by atoms with E-state index in [-0.39, 0.29) is 11.6 Å². The molecule has 0 aliphatic rings. The summed E-state index contributed by atoms with van der Waals surface area (Å²) in [7, 11) is 0. The minimum absolute atomic E-state index is 0.265. The van der Waals surface area contributed by atoms with E-state index in [0.717, 1.165) is 4.47 Å². The second-order valence-corrected chi connectivity index (χ2v) is 5.52.